The average Bonchev–Trinajstić information content (AvgIpc) is 2.35. The van der Waals surface area contributed by atoms with Gasteiger partial charge < -0.3 is 5.73 Å². The summed E-state index contributed by atoms with van der Waals surface area (Å²) in [5.41, 5.74) is 5.37. The van der Waals surface area contributed by atoms with Crippen molar-refractivity contribution in [2.24, 2.45) is 17.8 Å². The molecular weight excluding hydrogens is 154 g/mol. The first kappa shape index (κ1) is 8.70. The second kappa shape index (κ2) is 3.85. The topological polar surface area (TPSA) is 69.1 Å². The molecule has 5 nitrogen and oxygen atoms in total. The molecule has 0 aliphatic heterocycles. The van der Waals surface area contributed by atoms with Gasteiger partial charge in [0.25, 0.3) is 0 Å². The zero-order chi connectivity index (χ0) is 8.97. The zero-order valence-electron chi connectivity index (χ0n) is 7.36. The summed E-state index contributed by atoms with van der Waals surface area (Å²) in [6, 6.07) is 0. The molecule has 2 N–H and O–H groups in total. The van der Waals surface area contributed by atoms with E-state index in [1.807, 2.05) is 7.05 Å². The predicted molar refractivity (Wildman–Crippen MR) is 46.9 cm³/mol. The molecule has 0 unspecified atom stereocenters. The van der Waals surface area contributed by atoms with E-state index in [1.165, 1.54) is 0 Å². The van der Waals surface area contributed by atoms with Gasteiger partial charge in [-0.3, -0.25) is 9.67 Å². The van der Waals surface area contributed by atoms with E-state index in [0.29, 0.717) is 12.4 Å². The molecule has 0 aliphatic rings. The highest BCUT2D eigenvalue weighted by Crippen LogP contribution is 1.89. The van der Waals surface area contributed by atoms with Crippen LogP contribution in [-0.4, -0.2) is 27.1 Å². The van der Waals surface area contributed by atoms with Crippen molar-refractivity contribution in [2.45, 2.75) is 13.3 Å². The van der Waals surface area contributed by atoms with Gasteiger partial charge in [-0.2, -0.15) is 5.10 Å². The van der Waals surface area contributed by atoms with Crippen LogP contribution in [0.25, 0.3) is 0 Å². The molecule has 0 radical (unpaired) electrons. The first-order valence-electron chi connectivity index (χ1n) is 3.79. The SMILES string of the molecule is CC(N)=NCCc1ncn(C)n1. The third-order valence-corrected chi connectivity index (χ3v) is 1.34. The molecule has 12 heavy (non-hydrogen) atoms. The second-order valence-electron chi connectivity index (χ2n) is 2.61. The van der Waals surface area contributed by atoms with Gasteiger partial charge in [-0.1, -0.05) is 0 Å². The molecule has 5 heteroatoms. The van der Waals surface area contributed by atoms with Crippen molar-refractivity contribution in [3.05, 3.63) is 12.2 Å². The van der Waals surface area contributed by atoms with Crippen molar-refractivity contribution in [1.82, 2.24) is 14.8 Å². The van der Waals surface area contributed by atoms with Crippen LogP contribution in [0.1, 0.15) is 12.7 Å². The summed E-state index contributed by atoms with van der Waals surface area (Å²) in [7, 11) is 1.84. The molecule has 0 saturated carbocycles. The smallest absolute Gasteiger partial charge is 0.152 e. The van der Waals surface area contributed by atoms with Crippen LogP contribution in [0.5, 0.6) is 0 Å². The Morgan fingerprint density at radius 2 is 2.50 bits per heavy atom. The minimum absolute atomic E-state index is 0.603. The third-order valence-electron chi connectivity index (χ3n) is 1.34. The molecule has 0 atom stereocenters. The molecular formula is C7H13N5. The number of nitrogens with zero attached hydrogens (tertiary/aromatic N) is 4. The van der Waals surface area contributed by atoms with Crippen molar-refractivity contribution >= 4 is 5.84 Å². The first-order chi connectivity index (χ1) is 5.68. The fourth-order valence-corrected chi connectivity index (χ4v) is 0.831. The predicted octanol–water partition coefficient (Wildman–Crippen LogP) is -0.265. The van der Waals surface area contributed by atoms with Crippen LogP contribution >= 0.6 is 0 Å². The summed E-state index contributed by atoms with van der Waals surface area (Å²) in [5, 5.41) is 4.10. The standard InChI is InChI=1S/C7H13N5/c1-6(8)9-4-3-7-10-5-12(2)11-7/h5H,3-4H2,1-2H3,(H2,8,9). The van der Waals surface area contributed by atoms with Gasteiger partial charge >= 0.3 is 0 Å². The molecule has 0 bridgehead atoms. The highest BCUT2D eigenvalue weighted by Gasteiger charge is 1.96. The Balaban J connectivity index is 2.38. The van der Waals surface area contributed by atoms with Crippen molar-refractivity contribution in [2.75, 3.05) is 6.54 Å². The lowest BCUT2D eigenvalue weighted by molar-refractivity contribution is 0.739. The van der Waals surface area contributed by atoms with Gasteiger partial charge in [-0.15, -0.1) is 0 Å². The Morgan fingerprint density at radius 3 is 3.00 bits per heavy atom. The Hall–Kier alpha value is -1.39. The zero-order valence-corrected chi connectivity index (χ0v) is 7.36. The molecule has 0 saturated heterocycles. The summed E-state index contributed by atoms with van der Waals surface area (Å²) in [5.74, 6) is 1.41. The normalized spacial score (nSPS) is 12.0. The molecule has 1 heterocycles. The lowest BCUT2D eigenvalue weighted by Gasteiger charge is -1.91. The van der Waals surface area contributed by atoms with Crippen molar-refractivity contribution in [3.63, 3.8) is 0 Å². The van der Waals surface area contributed by atoms with Crippen molar-refractivity contribution in [3.8, 4) is 0 Å². The Kier molecular flexibility index (Phi) is 2.79. The van der Waals surface area contributed by atoms with Gasteiger partial charge in [0.15, 0.2) is 5.82 Å². The number of amidine groups is 1. The molecule has 0 spiro atoms. The third kappa shape index (κ3) is 2.69. The molecule has 0 aliphatic carbocycles. The van der Waals surface area contributed by atoms with Crippen LogP contribution in [-0.2, 0) is 13.5 Å². The summed E-state index contributed by atoms with van der Waals surface area (Å²) in [4.78, 5) is 8.09. The minimum Gasteiger partial charge on any atom is -0.388 e. The molecule has 1 rings (SSSR count). The maximum absolute atomic E-state index is 5.37. The highest BCUT2D eigenvalue weighted by molar-refractivity contribution is 5.77. The summed E-state index contributed by atoms with van der Waals surface area (Å²) < 4.78 is 1.67. The van der Waals surface area contributed by atoms with E-state index >= 15 is 0 Å². The van der Waals surface area contributed by atoms with Gasteiger partial charge in [0.05, 0.1) is 5.84 Å². The number of rotatable bonds is 3. The van der Waals surface area contributed by atoms with Gasteiger partial charge in [-0.25, -0.2) is 4.98 Å². The van der Waals surface area contributed by atoms with E-state index in [1.54, 1.807) is 17.9 Å². The first-order valence-corrected chi connectivity index (χ1v) is 3.79. The van der Waals surface area contributed by atoms with Crippen LogP contribution in [0.2, 0.25) is 0 Å². The Labute approximate surface area is 71.3 Å². The number of aryl methyl sites for hydroxylation is 1. The Bertz CT molecular complexity index is 271. The van der Waals surface area contributed by atoms with Gasteiger partial charge in [0, 0.05) is 20.0 Å². The summed E-state index contributed by atoms with van der Waals surface area (Å²) in [6.07, 6.45) is 2.42. The van der Waals surface area contributed by atoms with Gasteiger partial charge in [0.1, 0.15) is 6.33 Å². The van der Waals surface area contributed by atoms with Crippen molar-refractivity contribution in [1.29, 1.82) is 0 Å². The molecule has 0 amide bonds. The van der Waals surface area contributed by atoms with Gasteiger partial charge in [-0.05, 0) is 6.92 Å². The molecule has 0 aromatic carbocycles. The highest BCUT2D eigenvalue weighted by atomic mass is 15.3. The monoisotopic (exact) mass is 167 g/mol. The van der Waals surface area contributed by atoms with E-state index in [2.05, 4.69) is 15.1 Å². The number of nitrogens with two attached hydrogens (primary N) is 1. The number of hydrogen-bond donors (Lipinski definition) is 1. The molecule has 0 fully saturated rings. The minimum atomic E-state index is 0.603. The number of aromatic nitrogens is 3. The van der Waals surface area contributed by atoms with E-state index in [4.69, 9.17) is 5.73 Å². The fraction of sp³-hybridized carbons (Fsp3) is 0.571. The summed E-state index contributed by atoms with van der Waals surface area (Å²) >= 11 is 0. The van der Waals surface area contributed by atoms with E-state index in [9.17, 15) is 0 Å². The van der Waals surface area contributed by atoms with E-state index in [0.717, 1.165) is 12.2 Å². The molecule has 1 aromatic heterocycles. The lowest BCUT2D eigenvalue weighted by Crippen LogP contribution is -2.07. The quantitative estimate of drug-likeness (QED) is 0.498. The Morgan fingerprint density at radius 1 is 1.75 bits per heavy atom. The fourth-order valence-electron chi connectivity index (χ4n) is 0.831. The van der Waals surface area contributed by atoms with Crippen LogP contribution < -0.4 is 5.73 Å². The van der Waals surface area contributed by atoms with Crippen LogP contribution in [0.4, 0.5) is 0 Å². The maximum Gasteiger partial charge on any atom is 0.152 e. The number of hydrogen-bond acceptors (Lipinski definition) is 3. The van der Waals surface area contributed by atoms with Gasteiger partial charge in [0.2, 0.25) is 0 Å². The van der Waals surface area contributed by atoms with Crippen molar-refractivity contribution < 1.29 is 0 Å². The number of aliphatic imine (C=N–C) groups is 1. The lowest BCUT2D eigenvalue weighted by atomic mass is 10.4. The largest absolute Gasteiger partial charge is 0.388 e. The van der Waals surface area contributed by atoms with E-state index < -0.39 is 0 Å². The average molecular weight is 167 g/mol. The van der Waals surface area contributed by atoms with Crippen LogP contribution in [0, 0.1) is 0 Å². The second-order valence-corrected chi connectivity index (χ2v) is 2.61. The van der Waals surface area contributed by atoms with Crippen LogP contribution in [0.3, 0.4) is 0 Å². The van der Waals surface area contributed by atoms with Crippen LogP contribution in [0.15, 0.2) is 11.3 Å². The maximum atomic E-state index is 5.37. The summed E-state index contributed by atoms with van der Waals surface area (Å²) in [6.45, 7) is 2.43. The van der Waals surface area contributed by atoms with E-state index in [-0.39, 0.29) is 0 Å². The molecule has 1 aromatic rings. The molecule has 66 valence electrons.